The first-order valence-electron chi connectivity index (χ1n) is 6.60. The molecule has 0 bridgehead atoms. The van der Waals surface area contributed by atoms with E-state index in [0.29, 0.717) is 16.3 Å². The number of rotatable bonds is 5. The predicted octanol–water partition coefficient (Wildman–Crippen LogP) is 4.73. The fourth-order valence-electron chi connectivity index (χ4n) is 2.27. The SMILES string of the molecule is CCC(C(=O)c1ccc(Cl)c(OC)c1)c1ccccc1. The quantitative estimate of drug-likeness (QED) is 0.744. The molecule has 0 radical (unpaired) electrons. The van der Waals surface area contributed by atoms with Crippen LogP contribution in [0.1, 0.15) is 35.2 Å². The monoisotopic (exact) mass is 288 g/mol. The normalized spacial score (nSPS) is 11.9. The molecule has 2 aromatic rings. The summed E-state index contributed by atoms with van der Waals surface area (Å²) in [5, 5.41) is 0.511. The van der Waals surface area contributed by atoms with E-state index in [2.05, 4.69) is 0 Å². The summed E-state index contributed by atoms with van der Waals surface area (Å²) in [5.74, 6) is 0.483. The second-order valence-corrected chi connectivity index (χ2v) is 4.99. The number of hydrogen-bond donors (Lipinski definition) is 0. The van der Waals surface area contributed by atoms with Crippen molar-refractivity contribution in [1.82, 2.24) is 0 Å². The Morgan fingerprint density at radius 1 is 1.20 bits per heavy atom. The van der Waals surface area contributed by atoms with Gasteiger partial charge in [-0.3, -0.25) is 4.79 Å². The summed E-state index contributed by atoms with van der Waals surface area (Å²) in [7, 11) is 1.55. The number of carbonyl (C=O) groups excluding carboxylic acids is 1. The Morgan fingerprint density at radius 3 is 2.50 bits per heavy atom. The van der Waals surface area contributed by atoms with Gasteiger partial charge < -0.3 is 4.74 Å². The van der Waals surface area contributed by atoms with Crippen molar-refractivity contribution in [3.63, 3.8) is 0 Å². The molecule has 0 aliphatic carbocycles. The third-order valence-corrected chi connectivity index (χ3v) is 3.67. The molecular formula is C17H17ClO2. The van der Waals surface area contributed by atoms with Crippen molar-refractivity contribution in [2.45, 2.75) is 19.3 Å². The molecule has 0 fully saturated rings. The number of halogens is 1. The second kappa shape index (κ2) is 6.58. The zero-order valence-electron chi connectivity index (χ0n) is 11.6. The molecule has 0 aromatic heterocycles. The van der Waals surface area contributed by atoms with E-state index in [1.165, 1.54) is 0 Å². The van der Waals surface area contributed by atoms with Gasteiger partial charge in [0.15, 0.2) is 5.78 Å². The minimum Gasteiger partial charge on any atom is -0.495 e. The van der Waals surface area contributed by atoms with E-state index in [1.807, 2.05) is 37.3 Å². The maximum Gasteiger partial charge on any atom is 0.170 e. The zero-order valence-corrected chi connectivity index (χ0v) is 12.4. The lowest BCUT2D eigenvalue weighted by atomic mass is 9.88. The molecule has 0 saturated carbocycles. The van der Waals surface area contributed by atoms with E-state index in [-0.39, 0.29) is 11.7 Å². The predicted molar refractivity (Wildman–Crippen MR) is 81.8 cm³/mol. The molecule has 0 spiro atoms. The van der Waals surface area contributed by atoms with Crippen molar-refractivity contribution >= 4 is 17.4 Å². The Morgan fingerprint density at radius 2 is 1.90 bits per heavy atom. The number of carbonyl (C=O) groups is 1. The molecule has 2 rings (SSSR count). The minimum atomic E-state index is -0.137. The summed E-state index contributed by atoms with van der Waals surface area (Å²) in [6.07, 6.45) is 0.758. The highest BCUT2D eigenvalue weighted by Crippen LogP contribution is 2.29. The van der Waals surface area contributed by atoms with Crippen LogP contribution in [0.15, 0.2) is 48.5 Å². The molecule has 0 aliphatic rings. The van der Waals surface area contributed by atoms with Crippen LogP contribution in [0.3, 0.4) is 0 Å². The number of hydrogen-bond acceptors (Lipinski definition) is 2. The molecule has 20 heavy (non-hydrogen) atoms. The van der Waals surface area contributed by atoms with Crippen LogP contribution < -0.4 is 4.74 Å². The summed E-state index contributed by atoms with van der Waals surface area (Å²) < 4.78 is 5.17. The average molecular weight is 289 g/mol. The first-order valence-corrected chi connectivity index (χ1v) is 6.97. The van der Waals surface area contributed by atoms with Gasteiger partial charge in [0.1, 0.15) is 5.75 Å². The number of methoxy groups -OCH3 is 1. The first-order chi connectivity index (χ1) is 9.67. The van der Waals surface area contributed by atoms with Crippen molar-refractivity contribution in [1.29, 1.82) is 0 Å². The Bertz CT molecular complexity index is 593. The summed E-state index contributed by atoms with van der Waals surface area (Å²) in [5.41, 5.74) is 1.66. The lowest BCUT2D eigenvalue weighted by Crippen LogP contribution is -2.12. The highest BCUT2D eigenvalue weighted by Gasteiger charge is 2.20. The third-order valence-electron chi connectivity index (χ3n) is 3.36. The van der Waals surface area contributed by atoms with Crippen molar-refractivity contribution in [2.24, 2.45) is 0 Å². The standard InChI is InChI=1S/C17H17ClO2/c1-3-14(12-7-5-4-6-8-12)17(19)13-9-10-15(18)16(11-13)20-2/h4-11,14H,3H2,1-2H3. The summed E-state index contributed by atoms with van der Waals surface area (Å²) in [4.78, 5) is 12.7. The Hall–Kier alpha value is -1.80. The van der Waals surface area contributed by atoms with Crippen molar-refractivity contribution in [3.05, 3.63) is 64.7 Å². The van der Waals surface area contributed by atoms with Gasteiger partial charge in [0, 0.05) is 11.5 Å². The van der Waals surface area contributed by atoms with Crippen LogP contribution in [0, 0.1) is 0 Å². The van der Waals surface area contributed by atoms with Gasteiger partial charge in [0.2, 0.25) is 0 Å². The highest BCUT2D eigenvalue weighted by atomic mass is 35.5. The molecule has 0 heterocycles. The molecule has 0 N–H and O–H groups in total. The van der Waals surface area contributed by atoms with Crippen molar-refractivity contribution in [3.8, 4) is 5.75 Å². The molecule has 0 amide bonds. The second-order valence-electron chi connectivity index (χ2n) is 4.59. The Kier molecular flexibility index (Phi) is 4.80. The van der Waals surface area contributed by atoms with Gasteiger partial charge in [-0.25, -0.2) is 0 Å². The summed E-state index contributed by atoms with van der Waals surface area (Å²) in [6, 6.07) is 15.0. The van der Waals surface area contributed by atoms with Gasteiger partial charge >= 0.3 is 0 Å². The number of benzene rings is 2. The zero-order chi connectivity index (χ0) is 14.5. The molecule has 104 valence electrons. The van der Waals surface area contributed by atoms with Crippen LogP contribution >= 0.6 is 11.6 Å². The van der Waals surface area contributed by atoms with Crippen LogP contribution in [0.2, 0.25) is 5.02 Å². The molecule has 2 nitrogen and oxygen atoms in total. The van der Waals surface area contributed by atoms with Crippen molar-refractivity contribution < 1.29 is 9.53 Å². The molecule has 1 atom stereocenters. The topological polar surface area (TPSA) is 26.3 Å². The molecule has 2 aromatic carbocycles. The smallest absolute Gasteiger partial charge is 0.170 e. The maximum absolute atomic E-state index is 12.7. The van der Waals surface area contributed by atoms with Gasteiger partial charge in [-0.2, -0.15) is 0 Å². The van der Waals surface area contributed by atoms with Crippen LogP contribution in [0.5, 0.6) is 5.75 Å². The number of ether oxygens (including phenoxy) is 1. The van der Waals surface area contributed by atoms with E-state index in [0.717, 1.165) is 12.0 Å². The van der Waals surface area contributed by atoms with Gasteiger partial charge in [0.05, 0.1) is 12.1 Å². The van der Waals surface area contributed by atoms with E-state index in [1.54, 1.807) is 25.3 Å². The molecular weight excluding hydrogens is 272 g/mol. The fourth-order valence-corrected chi connectivity index (χ4v) is 2.47. The Labute approximate surface area is 124 Å². The lowest BCUT2D eigenvalue weighted by Gasteiger charge is -2.15. The third kappa shape index (κ3) is 3.02. The Balaban J connectivity index is 2.34. The summed E-state index contributed by atoms with van der Waals surface area (Å²) in [6.45, 7) is 2.02. The number of ketones is 1. The van der Waals surface area contributed by atoms with E-state index >= 15 is 0 Å². The summed E-state index contributed by atoms with van der Waals surface area (Å²) >= 11 is 6.00. The number of Topliss-reactive ketones (excluding diaryl/α,β-unsaturated/α-hetero) is 1. The van der Waals surface area contributed by atoms with E-state index in [9.17, 15) is 4.79 Å². The highest BCUT2D eigenvalue weighted by molar-refractivity contribution is 6.32. The molecule has 3 heteroatoms. The largest absolute Gasteiger partial charge is 0.495 e. The van der Waals surface area contributed by atoms with Crippen LogP contribution in [0.25, 0.3) is 0 Å². The minimum absolute atomic E-state index is 0.0914. The van der Waals surface area contributed by atoms with Gasteiger partial charge in [-0.1, -0.05) is 48.9 Å². The van der Waals surface area contributed by atoms with E-state index < -0.39 is 0 Å². The molecule has 1 unspecified atom stereocenters. The molecule has 0 saturated heterocycles. The lowest BCUT2D eigenvalue weighted by molar-refractivity contribution is 0.0957. The van der Waals surface area contributed by atoms with Gasteiger partial charge in [0.25, 0.3) is 0 Å². The van der Waals surface area contributed by atoms with Crippen LogP contribution in [-0.2, 0) is 0 Å². The maximum atomic E-state index is 12.7. The van der Waals surface area contributed by atoms with Gasteiger partial charge in [-0.05, 0) is 30.2 Å². The van der Waals surface area contributed by atoms with Crippen LogP contribution in [-0.4, -0.2) is 12.9 Å². The van der Waals surface area contributed by atoms with Crippen molar-refractivity contribution in [2.75, 3.05) is 7.11 Å². The van der Waals surface area contributed by atoms with E-state index in [4.69, 9.17) is 16.3 Å². The molecule has 0 aliphatic heterocycles. The van der Waals surface area contributed by atoms with Crippen LogP contribution in [0.4, 0.5) is 0 Å². The average Bonchev–Trinajstić information content (AvgIpc) is 2.49. The fraction of sp³-hybridized carbons (Fsp3) is 0.235. The van der Waals surface area contributed by atoms with Gasteiger partial charge in [-0.15, -0.1) is 0 Å². The first kappa shape index (κ1) is 14.6.